The molecule has 0 fully saturated rings. The Morgan fingerprint density at radius 2 is 2.18 bits per heavy atom. The second-order valence-electron chi connectivity index (χ2n) is 4.16. The first-order chi connectivity index (χ1) is 8.04. The number of hydrogen-bond acceptors (Lipinski definition) is 3. The van der Waals surface area contributed by atoms with Gasteiger partial charge in [0.2, 0.25) is 0 Å². The van der Waals surface area contributed by atoms with E-state index in [1.807, 2.05) is 11.5 Å². The number of aromatic carboxylic acids is 1. The highest BCUT2D eigenvalue weighted by atomic mass is 16.4. The van der Waals surface area contributed by atoms with Gasteiger partial charge in [0.25, 0.3) is 0 Å². The predicted octanol–water partition coefficient (Wildman–Crippen LogP) is 0.791. The summed E-state index contributed by atoms with van der Waals surface area (Å²) in [6.07, 6.45) is 1.44. The number of carboxylic acids is 2. The van der Waals surface area contributed by atoms with Crippen LogP contribution in [0.15, 0.2) is 0 Å². The number of hydrogen-bond donors (Lipinski definition) is 2. The van der Waals surface area contributed by atoms with Crippen LogP contribution in [-0.2, 0) is 24.2 Å². The molecule has 2 heterocycles. The summed E-state index contributed by atoms with van der Waals surface area (Å²) in [7, 11) is 0. The van der Waals surface area contributed by atoms with E-state index < -0.39 is 17.9 Å². The minimum Gasteiger partial charge on any atom is -0.481 e. The Bertz CT molecular complexity index is 478. The number of fused-ring (bicyclic) bond motifs is 1. The Kier molecular flexibility index (Phi) is 2.87. The zero-order valence-electron chi connectivity index (χ0n) is 9.51. The van der Waals surface area contributed by atoms with Gasteiger partial charge in [-0.05, 0) is 6.42 Å². The zero-order chi connectivity index (χ0) is 12.6. The van der Waals surface area contributed by atoms with Gasteiger partial charge in [-0.15, -0.1) is 0 Å². The predicted molar refractivity (Wildman–Crippen MR) is 58.0 cm³/mol. The molecule has 2 rings (SSSR count). The van der Waals surface area contributed by atoms with Gasteiger partial charge >= 0.3 is 11.9 Å². The third kappa shape index (κ3) is 1.90. The van der Waals surface area contributed by atoms with Crippen LogP contribution in [0.1, 0.15) is 35.4 Å². The summed E-state index contributed by atoms with van der Waals surface area (Å²) < 4.78 is 1.85. The molecular formula is C11H14N2O4. The van der Waals surface area contributed by atoms with Crippen LogP contribution in [0.3, 0.4) is 0 Å². The molecule has 0 saturated carbocycles. The van der Waals surface area contributed by atoms with Gasteiger partial charge in [0.1, 0.15) is 5.82 Å². The van der Waals surface area contributed by atoms with Crippen molar-refractivity contribution < 1.29 is 19.8 Å². The average Bonchev–Trinajstić information content (AvgIpc) is 2.66. The van der Waals surface area contributed by atoms with Crippen molar-refractivity contribution in [1.82, 2.24) is 9.55 Å². The van der Waals surface area contributed by atoms with Crippen LogP contribution < -0.4 is 0 Å². The van der Waals surface area contributed by atoms with Crippen molar-refractivity contribution in [3.8, 4) is 0 Å². The number of aromatic nitrogens is 2. The molecule has 1 aromatic rings. The van der Waals surface area contributed by atoms with E-state index in [0.717, 1.165) is 5.82 Å². The molecular weight excluding hydrogens is 224 g/mol. The van der Waals surface area contributed by atoms with Crippen LogP contribution in [0.25, 0.3) is 0 Å². The maximum Gasteiger partial charge on any atom is 0.356 e. The van der Waals surface area contributed by atoms with E-state index in [9.17, 15) is 9.59 Å². The van der Waals surface area contributed by atoms with E-state index in [2.05, 4.69) is 4.98 Å². The second-order valence-corrected chi connectivity index (χ2v) is 4.16. The van der Waals surface area contributed by atoms with Crippen LogP contribution >= 0.6 is 0 Å². The molecule has 6 nitrogen and oxygen atoms in total. The molecule has 0 spiro atoms. The van der Waals surface area contributed by atoms with Gasteiger partial charge in [-0.25, -0.2) is 9.78 Å². The molecule has 0 radical (unpaired) electrons. The maximum absolute atomic E-state index is 11.1. The first-order valence-corrected chi connectivity index (χ1v) is 5.59. The quantitative estimate of drug-likeness (QED) is 0.812. The monoisotopic (exact) mass is 238 g/mol. The van der Waals surface area contributed by atoms with Crippen LogP contribution in [-0.4, -0.2) is 31.7 Å². The number of carboxylic acid groups (broad SMARTS) is 2. The van der Waals surface area contributed by atoms with Gasteiger partial charge in [0, 0.05) is 19.4 Å². The van der Waals surface area contributed by atoms with Crippen molar-refractivity contribution in [2.45, 2.75) is 32.7 Å². The molecule has 0 bridgehead atoms. The first-order valence-electron chi connectivity index (χ1n) is 5.59. The van der Waals surface area contributed by atoms with Crippen LogP contribution in [0.5, 0.6) is 0 Å². The van der Waals surface area contributed by atoms with Gasteiger partial charge in [-0.2, -0.15) is 0 Å². The highest BCUT2D eigenvalue weighted by molar-refractivity contribution is 5.87. The molecule has 17 heavy (non-hydrogen) atoms. The zero-order valence-corrected chi connectivity index (χ0v) is 9.51. The Morgan fingerprint density at radius 3 is 2.71 bits per heavy atom. The molecule has 1 atom stereocenters. The van der Waals surface area contributed by atoms with E-state index in [1.54, 1.807) is 0 Å². The van der Waals surface area contributed by atoms with Gasteiger partial charge in [-0.1, -0.05) is 6.92 Å². The minimum atomic E-state index is -1.08. The number of imidazole rings is 1. The molecule has 0 amide bonds. The summed E-state index contributed by atoms with van der Waals surface area (Å²) in [4.78, 5) is 26.1. The summed E-state index contributed by atoms with van der Waals surface area (Å²) in [5.74, 6) is -1.73. The van der Waals surface area contributed by atoms with Gasteiger partial charge in [-0.3, -0.25) is 4.79 Å². The van der Waals surface area contributed by atoms with Gasteiger partial charge < -0.3 is 14.8 Å². The van der Waals surface area contributed by atoms with Crippen molar-refractivity contribution in [2.24, 2.45) is 5.92 Å². The summed E-state index contributed by atoms with van der Waals surface area (Å²) in [5, 5.41) is 18.0. The standard InChI is InChI=1S/C11H14N2O4/c1-2-8-12-9(11(16)17)7-5-6(10(14)15)3-4-13(7)8/h6H,2-5H2,1H3,(H,14,15)(H,16,17). The van der Waals surface area contributed by atoms with Crippen molar-refractivity contribution in [3.63, 3.8) is 0 Å². The van der Waals surface area contributed by atoms with Crippen molar-refractivity contribution in [2.75, 3.05) is 0 Å². The van der Waals surface area contributed by atoms with Crippen molar-refractivity contribution >= 4 is 11.9 Å². The Balaban J connectivity index is 2.44. The van der Waals surface area contributed by atoms with Crippen molar-refractivity contribution in [3.05, 3.63) is 17.2 Å². The molecule has 1 unspecified atom stereocenters. The Morgan fingerprint density at radius 1 is 1.47 bits per heavy atom. The normalized spacial score (nSPS) is 18.8. The topological polar surface area (TPSA) is 92.4 Å². The molecule has 92 valence electrons. The highest BCUT2D eigenvalue weighted by Crippen LogP contribution is 2.25. The fraction of sp³-hybridized carbons (Fsp3) is 0.545. The third-order valence-corrected chi connectivity index (χ3v) is 3.16. The molecule has 0 aromatic carbocycles. The number of nitrogens with zero attached hydrogens (tertiary/aromatic N) is 2. The largest absolute Gasteiger partial charge is 0.481 e. The SMILES string of the molecule is CCc1nc(C(=O)O)c2n1CCC(C(=O)O)C2. The van der Waals surface area contributed by atoms with E-state index in [4.69, 9.17) is 10.2 Å². The highest BCUT2D eigenvalue weighted by Gasteiger charge is 2.30. The fourth-order valence-corrected chi connectivity index (χ4v) is 2.28. The van der Waals surface area contributed by atoms with Crippen LogP contribution in [0.4, 0.5) is 0 Å². The van der Waals surface area contributed by atoms with E-state index in [0.29, 0.717) is 25.1 Å². The second kappa shape index (κ2) is 4.20. The van der Waals surface area contributed by atoms with E-state index in [1.165, 1.54) is 0 Å². The molecule has 1 aliphatic rings. The summed E-state index contributed by atoms with van der Waals surface area (Å²) in [5.41, 5.74) is 0.556. The summed E-state index contributed by atoms with van der Waals surface area (Å²) in [6.45, 7) is 2.44. The number of carbonyl (C=O) groups is 2. The molecule has 0 aliphatic carbocycles. The number of rotatable bonds is 3. The Hall–Kier alpha value is -1.85. The van der Waals surface area contributed by atoms with Crippen LogP contribution in [0, 0.1) is 5.92 Å². The van der Waals surface area contributed by atoms with E-state index >= 15 is 0 Å². The maximum atomic E-state index is 11.1. The van der Waals surface area contributed by atoms with Crippen LogP contribution in [0.2, 0.25) is 0 Å². The lowest BCUT2D eigenvalue weighted by Crippen LogP contribution is -2.27. The molecule has 1 aromatic heterocycles. The molecule has 2 N–H and O–H groups in total. The van der Waals surface area contributed by atoms with Crippen molar-refractivity contribution in [1.29, 1.82) is 0 Å². The molecule has 6 heteroatoms. The fourth-order valence-electron chi connectivity index (χ4n) is 2.28. The average molecular weight is 238 g/mol. The molecule has 0 saturated heterocycles. The van der Waals surface area contributed by atoms with E-state index in [-0.39, 0.29) is 12.1 Å². The number of aryl methyl sites for hydroxylation is 1. The van der Waals surface area contributed by atoms with Gasteiger partial charge in [0.05, 0.1) is 11.6 Å². The lowest BCUT2D eigenvalue weighted by Gasteiger charge is -2.22. The lowest BCUT2D eigenvalue weighted by molar-refractivity contribution is -0.142. The smallest absolute Gasteiger partial charge is 0.356 e. The Labute approximate surface area is 97.9 Å². The minimum absolute atomic E-state index is 0.00722. The third-order valence-electron chi connectivity index (χ3n) is 3.16. The molecule has 1 aliphatic heterocycles. The van der Waals surface area contributed by atoms with Gasteiger partial charge in [0.15, 0.2) is 5.69 Å². The summed E-state index contributed by atoms with van der Waals surface area (Å²) in [6, 6.07) is 0. The summed E-state index contributed by atoms with van der Waals surface area (Å²) >= 11 is 0. The lowest BCUT2D eigenvalue weighted by atomic mass is 9.95. The first kappa shape index (κ1) is 11.6. The number of aliphatic carboxylic acids is 1.